The van der Waals surface area contributed by atoms with E-state index in [9.17, 15) is 9.36 Å². The third-order valence-corrected chi connectivity index (χ3v) is 10.7. The highest BCUT2D eigenvalue weighted by atomic mass is 31.2. The maximum Gasteiger partial charge on any atom is 0.206 e. The Morgan fingerprint density at radius 2 is 1.30 bits per heavy atom. The van der Waals surface area contributed by atoms with E-state index in [0.717, 1.165) is 19.3 Å². The number of hydrogen-bond donors (Lipinski definition) is 0. The number of rotatable bonds is 5. The fourth-order valence-electron chi connectivity index (χ4n) is 6.19. The molecule has 2 nitrogen and oxygen atoms in total. The molecule has 30 heavy (non-hydrogen) atoms. The fraction of sp³-hybridized carbons (Fsp3) is 0.296. The van der Waals surface area contributed by atoms with E-state index in [1.165, 1.54) is 5.56 Å². The average Bonchev–Trinajstić information content (AvgIpc) is 3.40. The Kier molecular flexibility index (Phi) is 4.79. The topological polar surface area (TPSA) is 34.1 Å². The molecule has 0 heterocycles. The number of fused-ring (bicyclic) bond motifs is 2. The third kappa shape index (κ3) is 2.77. The van der Waals surface area contributed by atoms with Crippen LogP contribution in [-0.4, -0.2) is 5.52 Å². The van der Waals surface area contributed by atoms with Crippen LogP contribution in [0, 0.1) is 17.3 Å². The molecule has 3 aromatic rings. The number of carbonyl (C=O) groups excluding carboxylic acids is 1. The molecule has 152 valence electrons. The lowest BCUT2D eigenvalue weighted by Gasteiger charge is -2.42. The maximum atomic E-state index is 14.8. The Morgan fingerprint density at radius 1 is 0.800 bits per heavy atom. The summed E-state index contributed by atoms with van der Waals surface area (Å²) in [5, 5.41) is 1.30. The van der Waals surface area contributed by atoms with Crippen molar-refractivity contribution in [2.75, 3.05) is 0 Å². The van der Waals surface area contributed by atoms with Crippen LogP contribution in [0.2, 0.25) is 0 Å². The molecule has 2 bridgehead atoms. The summed E-state index contributed by atoms with van der Waals surface area (Å²) in [6.45, 7) is 2.11. The summed E-state index contributed by atoms with van der Waals surface area (Å²) >= 11 is 0. The van der Waals surface area contributed by atoms with Gasteiger partial charge in [-0.2, -0.15) is 0 Å². The summed E-state index contributed by atoms with van der Waals surface area (Å²) in [6, 6.07) is 29.2. The van der Waals surface area contributed by atoms with E-state index in [1.54, 1.807) is 0 Å². The summed E-state index contributed by atoms with van der Waals surface area (Å²) in [5.41, 5.74) is 0.535. The molecule has 3 aromatic carbocycles. The Balaban J connectivity index is 1.69. The van der Waals surface area contributed by atoms with Crippen molar-refractivity contribution in [2.45, 2.75) is 32.1 Å². The monoisotopic (exact) mass is 414 g/mol. The largest absolute Gasteiger partial charge is 0.306 e. The van der Waals surface area contributed by atoms with E-state index in [1.807, 2.05) is 66.7 Å². The third-order valence-electron chi connectivity index (χ3n) is 7.58. The van der Waals surface area contributed by atoms with Crippen LogP contribution in [0.4, 0.5) is 0 Å². The highest BCUT2D eigenvalue weighted by molar-refractivity contribution is 7.93. The summed E-state index contributed by atoms with van der Waals surface area (Å²) < 4.78 is 14.8. The van der Waals surface area contributed by atoms with Crippen LogP contribution in [0.25, 0.3) is 0 Å². The summed E-state index contributed by atoms with van der Waals surface area (Å²) in [6.07, 6.45) is 3.28. The number of hydrogen-bond acceptors (Lipinski definition) is 2. The first-order chi connectivity index (χ1) is 14.6. The second-order valence-electron chi connectivity index (χ2n) is 9.03. The minimum atomic E-state index is -3.46. The highest BCUT2D eigenvalue weighted by Gasteiger charge is 2.63. The smallest absolute Gasteiger partial charge is 0.206 e. The summed E-state index contributed by atoms with van der Waals surface area (Å²) in [5.74, 6) is 0.915. The van der Waals surface area contributed by atoms with Crippen molar-refractivity contribution in [1.29, 1.82) is 0 Å². The van der Waals surface area contributed by atoms with Crippen molar-refractivity contribution in [2.24, 2.45) is 17.3 Å². The van der Waals surface area contributed by atoms with Gasteiger partial charge in [0.1, 0.15) is 0 Å². The number of carbonyl (C=O) groups is 1. The Labute approximate surface area is 178 Å². The van der Waals surface area contributed by atoms with Crippen LogP contribution in [0.3, 0.4) is 0 Å². The van der Waals surface area contributed by atoms with Crippen LogP contribution >= 0.6 is 7.14 Å². The molecule has 2 fully saturated rings. The van der Waals surface area contributed by atoms with Crippen molar-refractivity contribution in [3.05, 3.63) is 96.6 Å². The molecule has 4 unspecified atom stereocenters. The van der Waals surface area contributed by atoms with Gasteiger partial charge in [0, 0.05) is 16.0 Å². The molecule has 0 aliphatic heterocycles. The highest BCUT2D eigenvalue weighted by Crippen LogP contribution is 2.68. The molecule has 0 N–H and O–H groups in total. The lowest BCUT2D eigenvalue weighted by molar-refractivity contribution is -0.123. The predicted octanol–water partition coefficient (Wildman–Crippen LogP) is 5.75. The van der Waals surface area contributed by atoms with E-state index in [2.05, 4.69) is 31.2 Å². The van der Waals surface area contributed by atoms with Crippen LogP contribution in [0.1, 0.15) is 37.7 Å². The van der Waals surface area contributed by atoms with Gasteiger partial charge in [0.2, 0.25) is 12.7 Å². The Morgan fingerprint density at radius 3 is 1.83 bits per heavy atom. The van der Waals surface area contributed by atoms with E-state index >= 15 is 0 Å². The van der Waals surface area contributed by atoms with Crippen LogP contribution in [0.5, 0.6) is 0 Å². The zero-order valence-electron chi connectivity index (χ0n) is 17.3. The first-order valence-electron chi connectivity index (χ1n) is 10.9. The molecule has 0 aromatic heterocycles. The molecule has 0 saturated heterocycles. The molecular weight excluding hydrogens is 387 g/mol. The first kappa shape index (κ1) is 19.5. The SMILES string of the molecule is CC1(C(=O)P(=O)(c2ccccc2)c2ccccc2)C2CCC(C2)C1c1ccccc1. The molecule has 0 spiro atoms. The molecule has 0 radical (unpaired) electrons. The minimum absolute atomic E-state index is 0.0616. The molecular formula is C27H27O2P. The lowest BCUT2D eigenvalue weighted by Crippen LogP contribution is -2.42. The molecule has 2 aliphatic carbocycles. The lowest BCUT2D eigenvalue weighted by atomic mass is 9.65. The Bertz CT molecular complexity index is 1050. The standard InChI is InChI=1S/C27H27O2P/c1-27(22-18-17-21(19-22)25(27)20-11-5-2-6-12-20)26(28)30(29,23-13-7-3-8-14-23)24-15-9-4-10-16-24/h2-16,21-22,25H,17-19H2,1H3. The van der Waals surface area contributed by atoms with Crippen molar-refractivity contribution in [3.8, 4) is 0 Å². The Hall–Kier alpha value is -2.44. The van der Waals surface area contributed by atoms with Gasteiger partial charge in [-0.15, -0.1) is 0 Å². The molecule has 2 aliphatic rings. The van der Waals surface area contributed by atoms with Crippen molar-refractivity contribution in [1.82, 2.24) is 0 Å². The van der Waals surface area contributed by atoms with Gasteiger partial charge in [-0.3, -0.25) is 4.79 Å². The molecule has 2 saturated carbocycles. The van der Waals surface area contributed by atoms with Crippen LogP contribution < -0.4 is 10.6 Å². The van der Waals surface area contributed by atoms with Gasteiger partial charge in [0.25, 0.3) is 0 Å². The van der Waals surface area contributed by atoms with E-state index < -0.39 is 12.6 Å². The van der Waals surface area contributed by atoms with Gasteiger partial charge in [-0.25, -0.2) is 0 Å². The average molecular weight is 414 g/mol. The van der Waals surface area contributed by atoms with Gasteiger partial charge >= 0.3 is 0 Å². The summed E-state index contributed by atoms with van der Waals surface area (Å²) in [7, 11) is -3.46. The van der Waals surface area contributed by atoms with E-state index in [-0.39, 0.29) is 11.4 Å². The molecule has 4 atom stereocenters. The zero-order chi connectivity index (χ0) is 20.8. The maximum absolute atomic E-state index is 14.8. The van der Waals surface area contributed by atoms with E-state index in [0.29, 0.717) is 22.4 Å². The minimum Gasteiger partial charge on any atom is -0.306 e. The van der Waals surface area contributed by atoms with Crippen molar-refractivity contribution >= 4 is 23.3 Å². The van der Waals surface area contributed by atoms with Gasteiger partial charge in [0.05, 0.1) is 0 Å². The predicted molar refractivity (Wildman–Crippen MR) is 123 cm³/mol. The zero-order valence-corrected chi connectivity index (χ0v) is 18.2. The normalized spacial score (nSPS) is 27.8. The molecule has 3 heteroatoms. The first-order valence-corrected chi connectivity index (χ1v) is 12.6. The second-order valence-corrected chi connectivity index (χ2v) is 11.7. The number of benzene rings is 3. The van der Waals surface area contributed by atoms with E-state index in [4.69, 9.17) is 0 Å². The molecule has 0 amide bonds. The van der Waals surface area contributed by atoms with Crippen molar-refractivity contribution < 1.29 is 9.36 Å². The van der Waals surface area contributed by atoms with Gasteiger partial charge < -0.3 is 4.57 Å². The second kappa shape index (κ2) is 7.36. The molecule has 5 rings (SSSR count). The van der Waals surface area contributed by atoms with Gasteiger partial charge in [0.15, 0.2) is 0 Å². The fourth-order valence-corrected chi connectivity index (χ4v) is 9.14. The summed E-state index contributed by atoms with van der Waals surface area (Å²) in [4.78, 5) is 14.5. The quantitative estimate of drug-likeness (QED) is 0.499. The van der Waals surface area contributed by atoms with Crippen LogP contribution in [-0.2, 0) is 9.36 Å². The van der Waals surface area contributed by atoms with Gasteiger partial charge in [-0.1, -0.05) is 97.9 Å². The van der Waals surface area contributed by atoms with Gasteiger partial charge in [-0.05, 0) is 42.6 Å². The van der Waals surface area contributed by atoms with Crippen molar-refractivity contribution in [3.63, 3.8) is 0 Å². The van der Waals surface area contributed by atoms with Crippen LogP contribution in [0.15, 0.2) is 91.0 Å².